The van der Waals surface area contributed by atoms with E-state index in [1.54, 1.807) is 12.5 Å². The molecule has 0 saturated carbocycles. The van der Waals surface area contributed by atoms with Gasteiger partial charge in [0.25, 0.3) is 0 Å². The molecule has 3 aliphatic rings. The fourth-order valence-corrected chi connectivity index (χ4v) is 9.75. The van der Waals surface area contributed by atoms with E-state index in [-0.39, 0.29) is 53.3 Å². The zero-order valence-corrected chi connectivity index (χ0v) is 24.5. The van der Waals surface area contributed by atoms with Crippen molar-refractivity contribution in [2.75, 3.05) is 6.54 Å². The average Bonchev–Trinajstić information content (AvgIpc) is 3.61. The van der Waals surface area contributed by atoms with Crippen molar-refractivity contribution in [3.63, 3.8) is 0 Å². The van der Waals surface area contributed by atoms with Crippen molar-refractivity contribution < 1.29 is 48.3 Å². The zero-order valence-electron chi connectivity index (χ0n) is 23.7. The lowest BCUT2D eigenvalue weighted by Gasteiger charge is -2.43. The van der Waals surface area contributed by atoms with Crippen molar-refractivity contribution in [1.29, 1.82) is 0 Å². The highest BCUT2D eigenvalue weighted by Gasteiger charge is 2.74. The normalized spacial score (nSPS) is 23.8. The van der Waals surface area contributed by atoms with Crippen molar-refractivity contribution in [3.8, 4) is 0 Å². The van der Waals surface area contributed by atoms with Gasteiger partial charge in [0.2, 0.25) is 5.91 Å². The van der Waals surface area contributed by atoms with Crippen LogP contribution < -0.4 is 0 Å². The van der Waals surface area contributed by atoms with Crippen LogP contribution >= 0.6 is 0 Å². The first kappa shape index (κ1) is 31.5. The highest BCUT2D eigenvalue weighted by Crippen LogP contribution is 2.57. The number of imidazole rings is 1. The van der Waals surface area contributed by atoms with Crippen LogP contribution in [0.2, 0.25) is 0 Å². The van der Waals surface area contributed by atoms with Crippen LogP contribution in [0.4, 0.5) is 35.1 Å². The minimum absolute atomic E-state index is 0.00255. The molecule has 0 spiro atoms. The van der Waals surface area contributed by atoms with Gasteiger partial charge in [-0.2, -0.15) is 26.3 Å². The Bertz CT molecular complexity index is 1770. The Morgan fingerprint density at radius 3 is 2.36 bits per heavy atom. The Morgan fingerprint density at radius 2 is 1.69 bits per heavy atom. The van der Waals surface area contributed by atoms with Crippen molar-refractivity contribution in [2.45, 2.75) is 79.3 Å². The number of nitrogens with zero attached hydrogens (tertiary/aromatic N) is 3. The number of amides is 1. The van der Waals surface area contributed by atoms with E-state index >= 15 is 4.39 Å². The second kappa shape index (κ2) is 10.3. The number of likely N-dealkylation sites (tertiary alicyclic amines) is 1. The second-order valence-corrected chi connectivity index (χ2v) is 14.1. The van der Waals surface area contributed by atoms with Crippen molar-refractivity contribution in [3.05, 3.63) is 82.7 Å². The highest BCUT2D eigenvalue weighted by molar-refractivity contribution is 7.92. The summed E-state index contributed by atoms with van der Waals surface area (Å²) in [7, 11) is -4.57. The Morgan fingerprint density at radius 1 is 0.978 bits per heavy atom. The van der Waals surface area contributed by atoms with E-state index in [1.807, 2.05) is 4.57 Å². The Kier molecular flexibility index (Phi) is 7.18. The smallest absolute Gasteiger partial charge is 0.337 e. The molecule has 1 aromatic heterocycles. The monoisotopic (exact) mass is 661 g/mol. The average molecular weight is 662 g/mol. The number of hydrogen-bond acceptors (Lipinski definition) is 4. The summed E-state index contributed by atoms with van der Waals surface area (Å²) in [4.78, 5) is 19.2. The molecule has 2 unspecified atom stereocenters. The maximum atomic E-state index is 15.0. The Balaban J connectivity index is 1.49. The van der Waals surface area contributed by atoms with Crippen LogP contribution in [0.15, 0.2) is 53.8 Å². The molecule has 1 aliphatic carbocycles. The summed E-state index contributed by atoms with van der Waals surface area (Å²) in [6, 6.07) is 3.62. The van der Waals surface area contributed by atoms with Gasteiger partial charge in [0.1, 0.15) is 10.6 Å². The molecule has 0 N–H and O–H groups in total. The number of fused-ring (bicyclic) bond motifs is 4. The summed E-state index contributed by atoms with van der Waals surface area (Å²) in [5.41, 5.74) is -6.78. The van der Waals surface area contributed by atoms with Gasteiger partial charge in [-0.05, 0) is 73.9 Å². The van der Waals surface area contributed by atoms with Crippen LogP contribution in [-0.2, 0) is 44.4 Å². The molecule has 0 radical (unpaired) electrons. The van der Waals surface area contributed by atoms with Gasteiger partial charge >= 0.3 is 18.0 Å². The molecule has 3 aromatic rings. The number of halogens is 8. The summed E-state index contributed by atoms with van der Waals surface area (Å²) in [6.45, 7) is 1.59. The Hall–Kier alpha value is -3.49. The van der Waals surface area contributed by atoms with Gasteiger partial charge in [0, 0.05) is 30.5 Å². The topological polar surface area (TPSA) is 72.3 Å². The highest BCUT2D eigenvalue weighted by atomic mass is 32.2. The third-order valence-electron chi connectivity index (χ3n) is 9.58. The molecule has 45 heavy (non-hydrogen) atoms. The quantitative estimate of drug-likeness (QED) is 0.251. The van der Waals surface area contributed by atoms with Crippen LogP contribution in [0.3, 0.4) is 0 Å². The molecule has 1 amide bonds. The summed E-state index contributed by atoms with van der Waals surface area (Å²) in [5.74, 6) is -1.54. The van der Waals surface area contributed by atoms with Crippen LogP contribution in [0.1, 0.15) is 47.2 Å². The molecule has 242 valence electrons. The van der Waals surface area contributed by atoms with Gasteiger partial charge in [0.15, 0.2) is 9.84 Å². The SMILES string of the molecule is Cc1cc(S(=O)(=O)C23CCN(C(=O)[C@H]4CCc5cncn5C4)C2CCc2cc(C(F)(C(F)(F)F)C(F)(F)F)ccc23)ccc1F. The summed E-state index contributed by atoms with van der Waals surface area (Å²) < 4.78 is 140. The number of rotatable bonds is 4. The molecule has 1 saturated heterocycles. The van der Waals surface area contributed by atoms with E-state index in [4.69, 9.17) is 0 Å². The van der Waals surface area contributed by atoms with E-state index in [9.17, 15) is 43.9 Å². The van der Waals surface area contributed by atoms with Gasteiger partial charge in [-0.15, -0.1) is 0 Å². The van der Waals surface area contributed by atoms with Crippen LogP contribution in [0.5, 0.6) is 0 Å². The minimum atomic E-state index is -6.35. The summed E-state index contributed by atoms with van der Waals surface area (Å²) >= 11 is 0. The number of hydrogen-bond donors (Lipinski definition) is 0. The standard InChI is InChI=1S/C30H27F8N3O3S/c1-17-12-22(6-8-24(17)31)45(43,44)27-10-11-41(26(42)19-2-5-21-14-39-16-40(21)15-19)25(27)9-3-18-13-20(4-7-23(18)27)28(32,29(33,34)35)30(36,37)38/h4,6-8,12-14,16,19,25H,2-3,5,9-11,15H2,1H3/t19-,25?,27?/m0/s1. The number of carbonyl (C=O) groups excluding carboxylic acids is 1. The Labute approximate surface area is 253 Å². The van der Waals surface area contributed by atoms with Crippen LogP contribution in [0.25, 0.3) is 0 Å². The largest absolute Gasteiger partial charge is 0.435 e. The molecule has 1 fully saturated rings. The third kappa shape index (κ3) is 4.50. The first-order valence-electron chi connectivity index (χ1n) is 14.2. The minimum Gasteiger partial charge on any atom is -0.337 e. The molecule has 2 aromatic carbocycles. The van der Waals surface area contributed by atoms with E-state index in [0.717, 1.165) is 30.0 Å². The molecule has 3 heterocycles. The fourth-order valence-electron chi connectivity index (χ4n) is 7.30. The van der Waals surface area contributed by atoms with Gasteiger partial charge in [-0.3, -0.25) is 4.79 Å². The molecular weight excluding hydrogens is 634 g/mol. The molecule has 3 atom stereocenters. The maximum absolute atomic E-state index is 15.0. The predicted molar refractivity (Wildman–Crippen MR) is 144 cm³/mol. The van der Waals surface area contributed by atoms with E-state index in [0.29, 0.717) is 31.5 Å². The lowest BCUT2D eigenvalue weighted by Crippen LogP contribution is -2.54. The van der Waals surface area contributed by atoms with Crippen LogP contribution in [0, 0.1) is 18.7 Å². The molecular formula is C30H27F8N3O3S. The van der Waals surface area contributed by atoms with E-state index in [1.165, 1.54) is 11.8 Å². The number of aromatic nitrogens is 2. The number of carbonyl (C=O) groups is 1. The molecule has 2 aliphatic heterocycles. The number of sulfone groups is 1. The first-order valence-corrected chi connectivity index (χ1v) is 15.7. The summed E-state index contributed by atoms with van der Waals surface area (Å²) in [5, 5.41) is 0. The maximum Gasteiger partial charge on any atom is 0.435 e. The zero-order chi connectivity index (χ0) is 32.7. The van der Waals surface area contributed by atoms with Crippen LogP contribution in [-0.4, -0.2) is 53.7 Å². The molecule has 6 nitrogen and oxygen atoms in total. The van der Waals surface area contributed by atoms with Gasteiger partial charge in [0.05, 0.1) is 23.2 Å². The van der Waals surface area contributed by atoms with E-state index in [2.05, 4.69) is 4.98 Å². The fraction of sp³-hybridized carbons (Fsp3) is 0.467. The van der Waals surface area contributed by atoms with Gasteiger partial charge in [-0.25, -0.2) is 22.2 Å². The third-order valence-corrected chi connectivity index (χ3v) is 12.1. The lowest BCUT2D eigenvalue weighted by atomic mass is 9.76. The second-order valence-electron chi connectivity index (χ2n) is 11.9. The number of alkyl halides is 7. The molecule has 0 bridgehead atoms. The van der Waals surface area contributed by atoms with E-state index < -0.39 is 55.9 Å². The molecule has 6 rings (SSSR count). The van der Waals surface area contributed by atoms with Crippen molar-refractivity contribution >= 4 is 15.7 Å². The van der Waals surface area contributed by atoms with Crippen molar-refractivity contribution in [1.82, 2.24) is 14.5 Å². The van der Waals surface area contributed by atoms with Gasteiger partial charge in [-0.1, -0.05) is 18.2 Å². The van der Waals surface area contributed by atoms with Gasteiger partial charge < -0.3 is 9.47 Å². The molecule has 15 heteroatoms. The first-order chi connectivity index (χ1) is 20.9. The summed E-state index contributed by atoms with van der Waals surface area (Å²) in [6.07, 6.45) is -8.95. The predicted octanol–water partition coefficient (Wildman–Crippen LogP) is 6.10. The number of benzene rings is 2. The van der Waals surface area contributed by atoms with Crippen molar-refractivity contribution in [2.24, 2.45) is 5.92 Å². The lowest BCUT2D eigenvalue weighted by molar-refractivity contribution is -0.348. The number of aryl methyl sites for hydroxylation is 3.